The molecule has 0 radical (unpaired) electrons. The SMILES string of the molecule is Nc1cc(-n2ccnn2)cc2c1cnn2C1CCCCO1. The molecule has 108 valence electrons. The summed E-state index contributed by atoms with van der Waals surface area (Å²) in [5.41, 5.74) is 8.67. The van der Waals surface area contributed by atoms with Crippen LogP contribution in [0.5, 0.6) is 0 Å². The van der Waals surface area contributed by atoms with Crippen LogP contribution in [-0.2, 0) is 4.74 Å². The number of rotatable bonds is 2. The fourth-order valence-electron chi connectivity index (χ4n) is 2.78. The first kappa shape index (κ1) is 12.3. The number of nitrogens with two attached hydrogens (primary N) is 1. The first-order valence-corrected chi connectivity index (χ1v) is 7.08. The molecule has 21 heavy (non-hydrogen) atoms. The molecule has 0 saturated carbocycles. The maximum atomic E-state index is 6.15. The number of nitrogens with zero attached hydrogens (tertiary/aromatic N) is 5. The van der Waals surface area contributed by atoms with Crippen LogP contribution in [0, 0.1) is 0 Å². The molecule has 1 atom stereocenters. The molecule has 0 aliphatic carbocycles. The Kier molecular flexibility index (Phi) is 2.85. The summed E-state index contributed by atoms with van der Waals surface area (Å²) in [6, 6.07) is 3.90. The van der Waals surface area contributed by atoms with Crippen molar-refractivity contribution in [2.75, 3.05) is 12.3 Å². The minimum Gasteiger partial charge on any atom is -0.398 e. The zero-order valence-electron chi connectivity index (χ0n) is 11.5. The molecule has 3 heterocycles. The molecular formula is C14H16N6O. The lowest BCUT2D eigenvalue weighted by molar-refractivity contribution is -0.0366. The van der Waals surface area contributed by atoms with E-state index in [-0.39, 0.29) is 6.23 Å². The van der Waals surface area contributed by atoms with Gasteiger partial charge < -0.3 is 10.5 Å². The molecule has 1 aliphatic heterocycles. The zero-order valence-corrected chi connectivity index (χ0v) is 11.5. The van der Waals surface area contributed by atoms with Crippen LogP contribution in [-0.4, -0.2) is 31.4 Å². The van der Waals surface area contributed by atoms with Crippen molar-refractivity contribution in [1.29, 1.82) is 0 Å². The van der Waals surface area contributed by atoms with Gasteiger partial charge in [-0.15, -0.1) is 5.10 Å². The van der Waals surface area contributed by atoms with Gasteiger partial charge in [0.25, 0.3) is 0 Å². The van der Waals surface area contributed by atoms with E-state index in [4.69, 9.17) is 10.5 Å². The Bertz CT molecular complexity index is 757. The molecule has 2 N–H and O–H groups in total. The van der Waals surface area contributed by atoms with Gasteiger partial charge in [0.15, 0.2) is 6.23 Å². The maximum Gasteiger partial charge on any atom is 0.150 e. The molecule has 1 aromatic carbocycles. The zero-order chi connectivity index (χ0) is 14.2. The molecule has 7 heteroatoms. The molecule has 0 amide bonds. The number of hydrogen-bond donors (Lipinski definition) is 1. The smallest absolute Gasteiger partial charge is 0.150 e. The summed E-state index contributed by atoms with van der Waals surface area (Å²) in [4.78, 5) is 0. The van der Waals surface area contributed by atoms with Gasteiger partial charge in [-0.05, 0) is 31.4 Å². The van der Waals surface area contributed by atoms with E-state index < -0.39 is 0 Å². The van der Waals surface area contributed by atoms with E-state index in [2.05, 4.69) is 15.4 Å². The number of benzene rings is 1. The lowest BCUT2D eigenvalue weighted by Crippen LogP contribution is -2.19. The Morgan fingerprint density at radius 1 is 1.29 bits per heavy atom. The van der Waals surface area contributed by atoms with Crippen molar-refractivity contribution in [3.63, 3.8) is 0 Å². The molecular weight excluding hydrogens is 268 g/mol. The van der Waals surface area contributed by atoms with Crippen molar-refractivity contribution in [1.82, 2.24) is 24.8 Å². The molecule has 1 saturated heterocycles. The van der Waals surface area contributed by atoms with Gasteiger partial charge in [-0.3, -0.25) is 0 Å². The van der Waals surface area contributed by atoms with Crippen molar-refractivity contribution in [3.8, 4) is 5.69 Å². The fraction of sp³-hybridized carbons (Fsp3) is 0.357. The quantitative estimate of drug-likeness (QED) is 0.727. The Balaban J connectivity index is 1.85. The highest BCUT2D eigenvalue weighted by atomic mass is 16.5. The van der Waals surface area contributed by atoms with Gasteiger partial charge in [0.05, 0.1) is 29.8 Å². The van der Waals surface area contributed by atoms with E-state index in [1.165, 1.54) is 0 Å². The van der Waals surface area contributed by atoms with Gasteiger partial charge in [0, 0.05) is 17.7 Å². The van der Waals surface area contributed by atoms with E-state index in [9.17, 15) is 0 Å². The van der Waals surface area contributed by atoms with Gasteiger partial charge >= 0.3 is 0 Å². The number of aromatic nitrogens is 5. The second-order valence-electron chi connectivity index (χ2n) is 5.23. The number of ether oxygens (including phenoxy) is 1. The van der Waals surface area contributed by atoms with Crippen LogP contribution in [0.1, 0.15) is 25.5 Å². The van der Waals surface area contributed by atoms with E-state index >= 15 is 0 Å². The van der Waals surface area contributed by atoms with Crippen molar-refractivity contribution in [2.24, 2.45) is 0 Å². The summed E-state index contributed by atoms with van der Waals surface area (Å²) in [6.45, 7) is 0.782. The van der Waals surface area contributed by atoms with Crippen LogP contribution in [0.25, 0.3) is 16.6 Å². The highest BCUT2D eigenvalue weighted by molar-refractivity contribution is 5.92. The summed E-state index contributed by atoms with van der Waals surface area (Å²) in [7, 11) is 0. The van der Waals surface area contributed by atoms with Crippen molar-refractivity contribution in [2.45, 2.75) is 25.5 Å². The van der Waals surface area contributed by atoms with Crippen LogP contribution >= 0.6 is 0 Å². The van der Waals surface area contributed by atoms with E-state index in [1.807, 2.05) is 16.8 Å². The third kappa shape index (κ3) is 2.06. The highest BCUT2D eigenvalue weighted by Crippen LogP contribution is 2.30. The maximum absolute atomic E-state index is 6.15. The van der Waals surface area contributed by atoms with Crippen LogP contribution in [0.15, 0.2) is 30.7 Å². The Morgan fingerprint density at radius 3 is 3.00 bits per heavy atom. The minimum atomic E-state index is -0.0124. The number of nitrogen functional groups attached to an aromatic ring is 1. The van der Waals surface area contributed by atoms with E-state index in [1.54, 1.807) is 23.3 Å². The summed E-state index contributed by atoms with van der Waals surface area (Å²) in [5, 5.41) is 13.3. The molecule has 0 bridgehead atoms. The molecule has 1 aliphatic rings. The monoisotopic (exact) mass is 284 g/mol. The molecule has 0 spiro atoms. The number of fused-ring (bicyclic) bond motifs is 1. The van der Waals surface area contributed by atoms with Gasteiger partial charge in [0.1, 0.15) is 0 Å². The molecule has 1 fully saturated rings. The van der Waals surface area contributed by atoms with Gasteiger partial charge in [0.2, 0.25) is 0 Å². The molecule has 7 nitrogen and oxygen atoms in total. The average molecular weight is 284 g/mol. The lowest BCUT2D eigenvalue weighted by Gasteiger charge is -2.23. The van der Waals surface area contributed by atoms with Crippen LogP contribution in [0.3, 0.4) is 0 Å². The predicted octanol–water partition coefficient (Wildman–Crippen LogP) is 1.90. The molecule has 3 aromatic rings. The molecule has 4 rings (SSSR count). The van der Waals surface area contributed by atoms with Crippen LogP contribution in [0.2, 0.25) is 0 Å². The van der Waals surface area contributed by atoms with Crippen LogP contribution in [0.4, 0.5) is 5.69 Å². The van der Waals surface area contributed by atoms with E-state index in [0.717, 1.165) is 42.5 Å². The largest absolute Gasteiger partial charge is 0.398 e. The molecule has 1 unspecified atom stereocenters. The topological polar surface area (TPSA) is 83.8 Å². The second kappa shape index (κ2) is 4.85. The standard InChI is InChI=1S/C14H16N6O/c15-12-7-10(19-5-4-16-18-19)8-13-11(12)9-17-20(13)14-3-1-2-6-21-14/h4-5,7-9,14H,1-3,6,15H2. The summed E-state index contributed by atoms with van der Waals surface area (Å²) >= 11 is 0. The first-order chi connectivity index (χ1) is 10.3. The van der Waals surface area contributed by atoms with Crippen molar-refractivity contribution in [3.05, 3.63) is 30.7 Å². The minimum absolute atomic E-state index is 0.0124. The summed E-state index contributed by atoms with van der Waals surface area (Å²) in [6.07, 6.45) is 8.46. The normalized spacial score (nSPS) is 19.1. The first-order valence-electron chi connectivity index (χ1n) is 7.08. The van der Waals surface area contributed by atoms with Gasteiger partial charge in [-0.1, -0.05) is 5.21 Å². The molecule has 2 aromatic heterocycles. The second-order valence-corrected chi connectivity index (χ2v) is 5.23. The lowest BCUT2D eigenvalue weighted by atomic mass is 10.1. The average Bonchev–Trinajstić information content (AvgIpc) is 3.18. The Labute approximate surface area is 121 Å². The third-order valence-electron chi connectivity index (χ3n) is 3.85. The van der Waals surface area contributed by atoms with Crippen molar-refractivity contribution < 1.29 is 4.74 Å². The fourth-order valence-corrected chi connectivity index (χ4v) is 2.78. The predicted molar refractivity (Wildman–Crippen MR) is 77.9 cm³/mol. The number of anilines is 1. The van der Waals surface area contributed by atoms with Gasteiger partial charge in [-0.2, -0.15) is 5.10 Å². The van der Waals surface area contributed by atoms with Crippen LogP contribution < -0.4 is 5.73 Å². The third-order valence-corrected chi connectivity index (χ3v) is 3.85. The summed E-state index contributed by atoms with van der Waals surface area (Å²) < 4.78 is 9.44. The number of hydrogen-bond acceptors (Lipinski definition) is 5. The summed E-state index contributed by atoms with van der Waals surface area (Å²) in [5.74, 6) is 0. The Morgan fingerprint density at radius 2 is 2.24 bits per heavy atom. The highest BCUT2D eigenvalue weighted by Gasteiger charge is 2.19. The Hall–Kier alpha value is -2.41. The van der Waals surface area contributed by atoms with Gasteiger partial charge in [-0.25, -0.2) is 9.36 Å². The van der Waals surface area contributed by atoms with E-state index in [0.29, 0.717) is 5.69 Å². The van der Waals surface area contributed by atoms with Crippen molar-refractivity contribution >= 4 is 16.6 Å².